The van der Waals surface area contributed by atoms with E-state index >= 15 is 0 Å². The SMILES string of the molecule is CC[C@H](C)[C@@H]([C@@H](CC(=O)N1CCC[C@H]1[C@H](OC)[C@@H](C)C(=O)N[C@@H](Cc1ccccc1)C(=O)O)OC)N(C)C(=O)[C@@H](NC(=O)[C@@H](NC(=O)CCCN1C(=O)C=C(C(C)C)C1=O)C(C)C)C(C)C. The van der Waals surface area contributed by atoms with Crippen LogP contribution in [0.4, 0.5) is 0 Å². The van der Waals surface area contributed by atoms with Crippen LogP contribution < -0.4 is 16.0 Å². The number of carbonyl (C=O) groups excluding carboxylic acids is 7. The minimum absolute atomic E-state index is 0.0331. The molecule has 17 heteroatoms. The molecule has 66 heavy (non-hydrogen) atoms. The van der Waals surface area contributed by atoms with Gasteiger partial charge in [0.05, 0.1) is 36.6 Å². The monoisotopic (exact) mass is 925 g/mol. The minimum atomic E-state index is -1.17. The maximum atomic E-state index is 14.5. The van der Waals surface area contributed by atoms with Gasteiger partial charge in [-0.05, 0) is 48.5 Å². The number of aliphatic carboxylic acids is 1. The Morgan fingerprint density at radius 3 is 2.03 bits per heavy atom. The first kappa shape index (κ1) is 55.2. The summed E-state index contributed by atoms with van der Waals surface area (Å²) in [6.07, 6.45) is 1.87. The van der Waals surface area contributed by atoms with E-state index in [1.54, 1.807) is 61.9 Å². The van der Waals surface area contributed by atoms with Crippen molar-refractivity contribution in [2.45, 2.75) is 150 Å². The molecule has 0 spiro atoms. The smallest absolute Gasteiger partial charge is 0.326 e. The maximum Gasteiger partial charge on any atom is 0.326 e. The first-order valence-corrected chi connectivity index (χ1v) is 23.5. The van der Waals surface area contributed by atoms with E-state index in [4.69, 9.17) is 9.47 Å². The Morgan fingerprint density at radius 2 is 1.50 bits per heavy atom. The fourth-order valence-electron chi connectivity index (χ4n) is 8.97. The number of rotatable bonds is 26. The molecule has 1 aromatic rings. The van der Waals surface area contributed by atoms with Crippen molar-refractivity contribution in [2.24, 2.45) is 29.6 Å². The van der Waals surface area contributed by atoms with Crippen molar-refractivity contribution in [1.82, 2.24) is 30.7 Å². The van der Waals surface area contributed by atoms with Crippen molar-refractivity contribution < 1.29 is 52.9 Å². The van der Waals surface area contributed by atoms with Gasteiger partial charge in [-0.3, -0.25) is 38.5 Å². The molecule has 0 radical (unpaired) electrons. The molecular weight excluding hydrogens is 849 g/mol. The number of methoxy groups -OCH3 is 2. The zero-order valence-corrected chi connectivity index (χ0v) is 41.1. The van der Waals surface area contributed by atoms with Gasteiger partial charge in [-0.2, -0.15) is 0 Å². The second-order valence-corrected chi connectivity index (χ2v) is 18.9. The lowest BCUT2D eigenvalue weighted by Crippen LogP contribution is -2.60. The van der Waals surface area contributed by atoms with Gasteiger partial charge in [-0.15, -0.1) is 0 Å². The third-order valence-corrected chi connectivity index (χ3v) is 13.1. The number of likely N-dealkylation sites (N-methyl/N-ethyl adjacent to an activating group) is 1. The van der Waals surface area contributed by atoms with Crippen LogP contribution in [0.1, 0.15) is 106 Å². The number of ether oxygens (including phenoxy) is 2. The number of nitrogens with zero attached hydrogens (tertiary/aromatic N) is 3. The Morgan fingerprint density at radius 1 is 0.864 bits per heavy atom. The lowest BCUT2D eigenvalue weighted by Gasteiger charge is -2.41. The fourth-order valence-corrected chi connectivity index (χ4v) is 8.97. The molecule has 2 aliphatic heterocycles. The van der Waals surface area contributed by atoms with Gasteiger partial charge in [0.25, 0.3) is 11.8 Å². The van der Waals surface area contributed by atoms with E-state index in [1.807, 2.05) is 47.6 Å². The number of hydrogen-bond donors (Lipinski definition) is 4. The van der Waals surface area contributed by atoms with Crippen molar-refractivity contribution in [3.63, 3.8) is 0 Å². The molecule has 0 aliphatic carbocycles. The van der Waals surface area contributed by atoms with E-state index in [9.17, 15) is 43.5 Å². The molecule has 2 aliphatic rings. The summed E-state index contributed by atoms with van der Waals surface area (Å²) in [6.45, 7) is 16.9. The molecule has 1 aromatic carbocycles. The fraction of sp³-hybridized carbons (Fsp3) is 0.673. The van der Waals surface area contributed by atoms with Gasteiger partial charge in [0.2, 0.25) is 29.5 Å². The van der Waals surface area contributed by atoms with Crippen LogP contribution in [0, 0.1) is 29.6 Å². The molecular formula is C49H76N6O11. The van der Waals surface area contributed by atoms with Crippen LogP contribution in [-0.2, 0) is 54.3 Å². The average Bonchev–Trinajstić information content (AvgIpc) is 3.87. The summed E-state index contributed by atoms with van der Waals surface area (Å²) in [5.74, 6) is -5.84. The molecule has 0 aromatic heterocycles. The number of benzene rings is 1. The first-order valence-electron chi connectivity index (χ1n) is 23.5. The predicted molar refractivity (Wildman–Crippen MR) is 248 cm³/mol. The third-order valence-electron chi connectivity index (χ3n) is 13.1. The molecule has 0 saturated carbocycles. The highest BCUT2D eigenvalue weighted by atomic mass is 16.5. The number of amides is 7. The Kier molecular flexibility index (Phi) is 21.5. The van der Waals surface area contributed by atoms with Gasteiger partial charge in [-0.25, -0.2) is 4.79 Å². The maximum absolute atomic E-state index is 14.5. The quantitative estimate of drug-likeness (QED) is 0.0981. The Labute approximate surface area is 391 Å². The molecule has 0 bridgehead atoms. The Balaban J connectivity index is 1.71. The summed E-state index contributed by atoms with van der Waals surface area (Å²) in [6, 6.07) is 4.79. The second-order valence-electron chi connectivity index (χ2n) is 18.9. The summed E-state index contributed by atoms with van der Waals surface area (Å²) in [5.41, 5.74) is 1.19. The first-order chi connectivity index (χ1) is 31.1. The number of carboxylic acid groups (broad SMARTS) is 1. The molecule has 4 N–H and O–H groups in total. The molecule has 2 heterocycles. The van der Waals surface area contributed by atoms with Gasteiger partial charge in [0.15, 0.2) is 0 Å². The van der Waals surface area contributed by atoms with Gasteiger partial charge in [0.1, 0.15) is 18.1 Å². The summed E-state index contributed by atoms with van der Waals surface area (Å²) in [4.78, 5) is 111. The normalized spacial score (nSPS) is 18.9. The predicted octanol–water partition coefficient (Wildman–Crippen LogP) is 3.73. The van der Waals surface area contributed by atoms with Crippen molar-refractivity contribution in [1.29, 1.82) is 0 Å². The summed E-state index contributed by atoms with van der Waals surface area (Å²) in [5, 5.41) is 18.3. The van der Waals surface area contributed by atoms with Crippen LogP contribution in [0.5, 0.6) is 0 Å². The Bertz CT molecular complexity index is 1890. The van der Waals surface area contributed by atoms with E-state index in [2.05, 4.69) is 16.0 Å². The van der Waals surface area contributed by atoms with Crippen molar-refractivity contribution >= 4 is 47.3 Å². The standard InChI is InChI=1S/C49H76N6O11/c1-13-31(8)43(37(65-11)27-40(58)54-23-17-21-36(54)44(66-12)32(9)45(59)50-35(49(63)64)25-33-19-15-14-16-20-33)53(10)48(62)42(30(6)7)52-46(60)41(29(4)5)51-38(56)22-18-24-55-39(57)26-34(28(2)3)47(55)61/h14-16,19-20,26,28-32,35-37,41-44H,13,17-18,21-25,27H2,1-12H3,(H,50,59)(H,51,56)(H,52,60)(H,63,64)/t31-,32+,35-,36-,37+,41-,42-,43-,44+/m0/s1. The lowest BCUT2D eigenvalue weighted by molar-refractivity contribution is -0.148. The van der Waals surface area contributed by atoms with Gasteiger partial charge >= 0.3 is 5.97 Å². The molecule has 1 fully saturated rings. The third kappa shape index (κ3) is 14.4. The molecule has 17 nitrogen and oxygen atoms in total. The topological polar surface area (TPSA) is 221 Å². The van der Waals surface area contributed by atoms with E-state index in [1.165, 1.54) is 20.3 Å². The number of carbonyl (C=O) groups is 8. The number of likely N-dealkylation sites (tertiary alicyclic amines) is 1. The number of imide groups is 1. The lowest BCUT2D eigenvalue weighted by atomic mass is 9.89. The number of carboxylic acids is 1. The van der Waals surface area contributed by atoms with Gasteiger partial charge in [-0.1, -0.05) is 99.1 Å². The molecule has 3 rings (SSSR count). The summed E-state index contributed by atoms with van der Waals surface area (Å²) >= 11 is 0. The van der Waals surface area contributed by atoms with Crippen LogP contribution in [0.3, 0.4) is 0 Å². The van der Waals surface area contributed by atoms with Crippen LogP contribution in [0.15, 0.2) is 42.0 Å². The highest BCUT2D eigenvalue weighted by molar-refractivity contribution is 6.16. The van der Waals surface area contributed by atoms with Crippen LogP contribution in [0.2, 0.25) is 0 Å². The largest absolute Gasteiger partial charge is 0.480 e. The van der Waals surface area contributed by atoms with E-state index in [0.29, 0.717) is 31.4 Å². The van der Waals surface area contributed by atoms with E-state index < -0.39 is 83.8 Å². The van der Waals surface area contributed by atoms with Crippen molar-refractivity contribution in [3.05, 3.63) is 47.5 Å². The zero-order chi connectivity index (χ0) is 49.6. The second kappa shape index (κ2) is 25.7. The number of nitrogens with one attached hydrogen (secondary N) is 3. The van der Waals surface area contributed by atoms with E-state index in [-0.39, 0.29) is 67.7 Å². The van der Waals surface area contributed by atoms with Gasteiger partial charge < -0.3 is 40.3 Å². The summed E-state index contributed by atoms with van der Waals surface area (Å²) < 4.78 is 11.9. The molecule has 1 saturated heterocycles. The van der Waals surface area contributed by atoms with E-state index in [0.717, 1.165) is 10.5 Å². The molecule has 7 amide bonds. The van der Waals surface area contributed by atoms with Crippen molar-refractivity contribution in [2.75, 3.05) is 34.4 Å². The molecule has 9 atom stereocenters. The Hall–Kier alpha value is -5.16. The highest BCUT2D eigenvalue weighted by Gasteiger charge is 2.44. The van der Waals surface area contributed by atoms with Crippen LogP contribution in [0.25, 0.3) is 0 Å². The molecule has 0 unspecified atom stereocenters. The highest BCUT2D eigenvalue weighted by Crippen LogP contribution is 2.30. The zero-order valence-electron chi connectivity index (χ0n) is 41.1. The van der Waals surface area contributed by atoms with Crippen molar-refractivity contribution in [3.8, 4) is 0 Å². The average molecular weight is 925 g/mol. The van der Waals surface area contributed by atoms with Crippen LogP contribution in [-0.4, -0.2) is 144 Å². The molecule has 368 valence electrons. The van der Waals surface area contributed by atoms with Crippen LogP contribution >= 0.6 is 0 Å². The van der Waals surface area contributed by atoms with Gasteiger partial charge in [0, 0.05) is 58.8 Å². The minimum Gasteiger partial charge on any atom is -0.480 e. The number of hydrogen-bond acceptors (Lipinski definition) is 10. The summed E-state index contributed by atoms with van der Waals surface area (Å²) in [7, 11) is 4.60.